The largest absolute Gasteiger partial charge is 1.00 e. The summed E-state index contributed by atoms with van der Waals surface area (Å²) < 4.78 is 31.2. The van der Waals surface area contributed by atoms with Crippen molar-refractivity contribution < 1.29 is 44.9 Å². The number of benzene rings is 2. The van der Waals surface area contributed by atoms with Crippen molar-refractivity contribution in [1.29, 1.82) is 0 Å². The van der Waals surface area contributed by atoms with Gasteiger partial charge in [0.05, 0.1) is 21.2 Å². The summed E-state index contributed by atoms with van der Waals surface area (Å²) >= 11 is 12.1. The monoisotopic (exact) mass is 321 g/mol. The first-order valence-electron chi connectivity index (χ1n) is 7.24. The summed E-state index contributed by atoms with van der Waals surface area (Å²) in [6.07, 6.45) is -0.679. The zero-order valence-corrected chi connectivity index (χ0v) is 14.0. The minimum atomic E-state index is -1.47. The van der Waals surface area contributed by atoms with E-state index in [0.717, 1.165) is 0 Å². The summed E-state index contributed by atoms with van der Waals surface area (Å²) in [6.45, 7) is 0. The van der Waals surface area contributed by atoms with Crippen LogP contribution in [0.3, 0.4) is 0 Å². The van der Waals surface area contributed by atoms with Crippen LogP contribution in [-0.4, -0.2) is 5.97 Å². The van der Waals surface area contributed by atoms with E-state index >= 15 is 0 Å². The van der Waals surface area contributed by atoms with Gasteiger partial charge in [0.15, 0.2) is 0 Å². The van der Waals surface area contributed by atoms with Crippen molar-refractivity contribution in [3.63, 3.8) is 0 Å². The number of hydrogen-bond donors (Lipinski definition) is 1. The van der Waals surface area contributed by atoms with E-state index in [4.69, 9.17) is 28.7 Å². The summed E-state index contributed by atoms with van der Waals surface area (Å²) in [5.74, 6) is -1.47. The molecule has 6 heteroatoms. The van der Waals surface area contributed by atoms with Gasteiger partial charge in [-0.15, -0.1) is 0 Å². The van der Waals surface area contributed by atoms with Gasteiger partial charge in [-0.05, 0) is 23.7 Å². The first-order valence-corrected chi connectivity index (χ1v) is 5.99. The van der Waals surface area contributed by atoms with Crippen LogP contribution in [0.4, 0.5) is 11.4 Å². The van der Waals surface area contributed by atoms with Crippen LogP contribution in [0, 0.1) is 0 Å². The Kier molecular flexibility index (Phi) is 4.71. The van der Waals surface area contributed by atoms with Gasteiger partial charge in [-0.25, -0.2) is 0 Å². The van der Waals surface area contributed by atoms with Crippen molar-refractivity contribution in [2.75, 3.05) is 5.32 Å². The van der Waals surface area contributed by atoms with E-state index in [1.165, 1.54) is 0 Å². The number of rotatable bonds is 4. The molecule has 0 aliphatic carbocycles. The van der Waals surface area contributed by atoms with Gasteiger partial charge in [0.1, 0.15) is 0 Å². The molecular formula is C14H10Cl2NNaO2. The predicted molar refractivity (Wildman–Crippen MR) is 74.9 cm³/mol. The van der Waals surface area contributed by atoms with E-state index in [2.05, 4.69) is 5.32 Å². The fourth-order valence-electron chi connectivity index (χ4n) is 1.46. The summed E-state index contributed by atoms with van der Waals surface area (Å²) in [4.78, 5) is 10.9. The Morgan fingerprint density at radius 2 is 1.85 bits per heavy atom. The molecule has 0 radical (unpaired) electrons. The number of halogens is 2. The second kappa shape index (κ2) is 7.91. The van der Waals surface area contributed by atoms with Crippen LogP contribution in [0.2, 0.25) is 10.0 Å². The molecule has 0 unspecified atom stereocenters. The van der Waals surface area contributed by atoms with E-state index in [1.807, 2.05) is 0 Å². The molecule has 0 spiro atoms. The van der Waals surface area contributed by atoms with Crippen LogP contribution in [-0.2, 0) is 11.2 Å². The van der Waals surface area contributed by atoms with Crippen molar-refractivity contribution >= 4 is 40.5 Å². The van der Waals surface area contributed by atoms with Crippen LogP contribution in [0.1, 0.15) is 11.0 Å². The average Bonchev–Trinajstić information content (AvgIpc) is 2.48. The number of aliphatic carboxylic acids is 1. The molecule has 0 fully saturated rings. The minimum Gasteiger partial charge on any atom is -0.550 e. The van der Waals surface area contributed by atoms with Crippen LogP contribution in [0.25, 0.3) is 0 Å². The van der Waals surface area contributed by atoms with Gasteiger partial charge in [0.2, 0.25) is 0 Å². The van der Waals surface area contributed by atoms with Crippen LogP contribution in [0.5, 0.6) is 0 Å². The molecule has 0 aliphatic rings. The average molecular weight is 322 g/mol. The molecule has 2 aromatic carbocycles. The molecule has 0 heterocycles. The maximum atomic E-state index is 10.9. The zero-order valence-electron chi connectivity index (χ0n) is 14.5. The number of hydrogen-bond acceptors (Lipinski definition) is 3. The quantitative estimate of drug-likeness (QED) is 0.809. The number of carboxylic acids is 1. The van der Waals surface area contributed by atoms with E-state index in [-0.39, 0.29) is 56.5 Å². The second-order valence-corrected chi connectivity index (χ2v) is 4.44. The van der Waals surface area contributed by atoms with E-state index < -0.39 is 36.6 Å². The van der Waals surface area contributed by atoms with Crippen molar-refractivity contribution in [2.24, 2.45) is 0 Å². The SMILES string of the molecule is [2H]c1c([2H])c([2H])c(Nc2c(Cl)cccc2Cl)c(CC(=O)[O-])c1[2H].[Na+]. The molecule has 0 saturated carbocycles. The number of nitrogens with one attached hydrogen (secondary N) is 1. The summed E-state index contributed by atoms with van der Waals surface area (Å²) in [5.41, 5.74) is -0.0114. The summed E-state index contributed by atoms with van der Waals surface area (Å²) in [7, 11) is 0. The van der Waals surface area contributed by atoms with Gasteiger partial charge in [-0.3, -0.25) is 0 Å². The van der Waals surface area contributed by atoms with Gasteiger partial charge < -0.3 is 15.2 Å². The summed E-state index contributed by atoms with van der Waals surface area (Å²) in [5, 5.41) is 14.1. The van der Waals surface area contributed by atoms with Crippen LogP contribution in [0.15, 0.2) is 42.4 Å². The van der Waals surface area contributed by atoms with Crippen molar-refractivity contribution in [2.45, 2.75) is 6.42 Å². The number of para-hydroxylation sites is 2. The molecule has 0 atom stereocenters. The van der Waals surface area contributed by atoms with Crippen LogP contribution < -0.4 is 40.0 Å². The van der Waals surface area contributed by atoms with Crippen molar-refractivity contribution in [3.05, 3.63) is 58.0 Å². The topological polar surface area (TPSA) is 52.2 Å². The van der Waals surface area contributed by atoms with Gasteiger partial charge in [-0.1, -0.05) is 47.4 Å². The Balaban J connectivity index is 0.00000288. The second-order valence-electron chi connectivity index (χ2n) is 3.62. The number of anilines is 2. The molecule has 0 aromatic heterocycles. The molecule has 2 aromatic rings. The Morgan fingerprint density at radius 1 is 1.25 bits per heavy atom. The van der Waals surface area contributed by atoms with Crippen molar-refractivity contribution in [1.82, 2.24) is 0 Å². The molecule has 2 rings (SSSR count). The molecular weight excluding hydrogens is 308 g/mol. The standard InChI is InChI=1S/C14H11Cl2NO2.Na/c15-10-5-3-6-11(16)14(10)17-12-7-2-1-4-9(12)8-13(18)19;/h1-7,17H,8H2,(H,18,19);/q;+1/p-1/i1D,2D,4D,7D;. The molecule has 0 bridgehead atoms. The first kappa shape index (κ1) is 11.9. The van der Waals surface area contributed by atoms with E-state index in [9.17, 15) is 9.90 Å². The Morgan fingerprint density at radius 3 is 2.45 bits per heavy atom. The van der Waals surface area contributed by atoms with Crippen molar-refractivity contribution in [3.8, 4) is 0 Å². The minimum absolute atomic E-state index is 0. The molecule has 0 aliphatic heterocycles. The molecule has 98 valence electrons. The van der Waals surface area contributed by atoms with Gasteiger partial charge in [0.25, 0.3) is 0 Å². The fraction of sp³-hybridized carbons (Fsp3) is 0.0714. The van der Waals surface area contributed by atoms with Crippen LogP contribution >= 0.6 is 23.2 Å². The molecule has 1 N–H and O–H groups in total. The predicted octanol–water partition coefficient (Wildman–Crippen LogP) is 0.0334. The number of carboxylic acid groups (broad SMARTS) is 1. The molecule has 0 saturated heterocycles. The third-order valence-corrected chi connectivity index (χ3v) is 2.93. The maximum absolute atomic E-state index is 10.9. The normalized spacial score (nSPS) is 12.5. The van der Waals surface area contributed by atoms with Gasteiger partial charge in [-0.2, -0.15) is 0 Å². The molecule has 20 heavy (non-hydrogen) atoms. The maximum Gasteiger partial charge on any atom is 1.00 e. The fourth-order valence-corrected chi connectivity index (χ4v) is 1.96. The molecule has 3 nitrogen and oxygen atoms in total. The third kappa shape index (κ3) is 4.40. The number of carbonyl (C=O) groups is 1. The molecule has 0 amide bonds. The third-order valence-electron chi connectivity index (χ3n) is 2.30. The van der Waals surface area contributed by atoms with Gasteiger partial charge >= 0.3 is 29.6 Å². The van der Waals surface area contributed by atoms with E-state index in [0.29, 0.717) is 0 Å². The zero-order chi connectivity index (χ0) is 17.3. The Bertz CT molecular complexity index is 785. The first-order chi connectivity index (χ1) is 10.7. The Labute approximate surface area is 154 Å². The number of carbonyl (C=O) groups excluding carboxylic acids is 1. The van der Waals surface area contributed by atoms with Gasteiger partial charge in [0, 0.05) is 18.1 Å². The summed E-state index contributed by atoms with van der Waals surface area (Å²) in [6, 6.07) is 2.79. The Hall–Kier alpha value is -0.710. The van der Waals surface area contributed by atoms with E-state index in [1.54, 1.807) is 18.2 Å². The smallest absolute Gasteiger partial charge is 0.550 e.